The zero-order chi connectivity index (χ0) is 25.6. The molecule has 1 aromatic heterocycles. The van der Waals surface area contributed by atoms with Crippen molar-refractivity contribution in [2.24, 2.45) is 5.16 Å². The molecule has 0 aliphatic rings. The van der Waals surface area contributed by atoms with Crippen LogP contribution in [-0.2, 0) is 15.2 Å². The van der Waals surface area contributed by atoms with Crippen molar-refractivity contribution in [3.8, 4) is 0 Å². The van der Waals surface area contributed by atoms with Crippen LogP contribution in [-0.4, -0.2) is 29.3 Å². The summed E-state index contributed by atoms with van der Waals surface area (Å²) in [6, 6.07) is 30.9. The molecule has 0 saturated heterocycles. The molecule has 4 rings (SSSR count). The standard InChI is InChI=1S/C29H30N4O2S/c1-28(2,3)31-26(34)25(33-35-4)24-20-36-27(30-24)32-29(21-14-8-5-9-15-21,22-16-10-6-11-17-22)23-18-12-7-13-19-23/h5-20H,1-4H3,(H,30,32)(H,31,34). The average molecular weight is 499 g/mol. The van der Waals surface area contributed by atoms with E-state index < -0.39 is 11.1 Å². The maximum atomic E-state index is 12.9. The largest absolute Gasteiger partial charge is 0.398 e. The Labute approximate surface area is 216 Å². The van der Waals surface area contributed by atoms with Gasteiger partial charge in [-0.05, 0) is 37.5 Å². The van der Waals surface area contributed by atoms with E-state index in [-0.39, 0.29) is 11.6 Å². The van der Waals surface area contributed by atoms with Gasteiger partial charge >= 0.3 is 0 Å². The minimum Gasteiger partial charge on any atom is -0.398 e. The van der Waals surface area contributed by atoms with Gasteiger partial charge < -0.3 is 15.5 Å². The smallest absolute Gasteiger partial charge is 0.276 e. The summed E-state index contributed by atoms with van der Waals surface area (Å²) in [4.78, 5) is 22.7. The summed E-state index contributed by atoms with van der Waals surface area (Å²) in [6.07, 6.45) is 0. The van der Waals surface area contributed by atoms with Crippen molar-refractivity contribution in [1.82, 2.24) is 10.3 Å². The first-order valence-electron chi connectivity index (χ1n) is 11.7. The number of hydrogen-bond acceptors (Lipinski definition) is 6. The van der Waals surface area contributed by atoms with Crippen molar-refractivity contribution in [2.45, 2.75) is 31.8 Å². The first-order chi connectivity index (χ1) is 17.3. The lowest BCUT2D eigenvalue weighted by atomic mass is 9.77. The van der Waals surface area contributed by atoms with Gasteiger partial charge in [0.15, 0.2) is 10.8 Å². The van der Waals surface area contributed by atoms with E-state index >= 15 is 0 Å². The number of anilines is 1. The summed E-state index contributed by atoms with van der Waals surface area (Å²) in [5.74, 6) is -0.346. The predicted molar refractivity (Wildman–Crippen MR) is 146 cm³/mol. The van der Waals surface area contributed by atoms with Crippen molar-refractivity contribution in [2.75, 3.05) is 12.4 Å². The molecule has 4 aromatic rings. The Balaban J connectivity index is 1.82. The molecular formula is C29H30N4O2S. The molecule has 0 atom stereocenters. The molecule has 0 fully saturated rings. The van der Waals surface area contributed by atoms with Crippen molar-refractivity contribution in [1.29, 1.82) is 0 Å². The molecule has 0 saturated carbocycles. The number of thiazole rings is 1. The number of carbonyl (C=O) groups excluding carboxylic acids is 1. The highest BCUT2D eigenvalue weighted by Gasteiger charge is 2.37. The molecule has 3 aromatic carbocycles. The number of benzene rings is 3. The van der Waals surface area contributed by atoms with Gasteiger partial charge in [-0.15, -0.1) is 11.3 Å². The summed E-state index contributed by atoms with van der Waals surface area (Å²) in [5, 5.41) is 13.1. The zero-order valence-electron chi connectivity index (χ0n) is 20.9. The molecule has 6 nitrogen and oxygen atoms in total. The first kappa shape index (κ1) is 25.1. The highest BCUT2D eigenvalue weighted by Crippen LogP contribution is 2.40. The lowest BCUT2D eigenvalue weighted by Crippen LogP contribution is -2.44. The normalized spacial score (nSPS) is 12.2. The van der Waals surface area contributed by atoms with Crippen LogP contribution in [0.5, 0.6) is 0 Å². The van der Waals surface area contributed by atoms with Gasteiger partial charge in [0, 0.05) is 10.9 Å². The van der Waals surface area contributed by atoms with E-state index in [4.69, 9.17) is 9.82 Å². The molecule has 0 aliphatic carbocycles. The van der Waals surface area contributed by atoms with Gasteiger partial charge in [-0.25, -0.2) is 4.98 Å². The van der Waals surface area contributed by atoms with Crippen molar-refractivity contribution < 1.29 is 9.63 Å². The van der Waals surface area contributed by atoms with Gasteiger partial charge in [0.2, 0.25) is 0 Å². The van der Waals surface area contributed by atoms with Crippen LogP contribution >= 0.6 is 11.3 Å². The van der Waals surface area contributed by atoms with E-state index in [1.54, 1.807) is 0 Å². The Kier molecular flexibility index (Phi) is 7.50. The molecule has 2 N–H and O–H groups in total. The lowest BCUT2D eigenvalue weighted by Gasteiger charge is -2.36. The highest BCUT2D eigenvalue weighted by molar-refractivity contribution is 7.14. The minimum atomic E-state index is -0.717. The van der Waals surface area contributed by atoms with E-state index in [9.17, 15) is 4.79 Å². The van der Waals surface area contributed by atoms with Gasteiger partial charge in [-0.1, -0.05) is 96.2 Å². The molecule has 0 spiro atoms. The van der Waals surface area contributed by atoms with Crippen LogP contribution in [0, 0.1) is 0 Å². The van der Waals surface area contributed by atoms with Crippen LogP contribution in [0.15, 0.2) is 102 Å². The molecule has 7 heteroatoms. The number of rotatable bonds is 8. The highest BCUT2D eigenvalue weighted by atomic mass is 32.1. The van der Waals surface area contributed by atoms with E-state index in [0.29, 0.717) is 10.8 Å². The summed E-state index contributed by atoms with van der Waals surface area (Å²) in [6.45, 7) is 5.74. The Morgan fingerprint density at radius 2 is 1.31 bits per heavy atom. The van der Waals surface area contributed by atoms with Gasteiger partial charge in [0.25, 0.3) is 5.91 Å². The molecular weight excluding hydrogens is 468 g/mol. The van der Waals surface area contributed by atoms with Crippen LogP contribution in [0.3, 0.4) is 0 Å². The predicted octanol–water partition coefficient (Wildman–Crippen LogP) is 5.81. The number of oxime groups is 1. The summed E-state index contributed by atoms with van der Waals surface area (Å²) >= 11 is 1.41. The first-order valence-corrected chi connectivity index (χ1v) is 12.6. The van der Waals surface area contributed by atoms with Gasteiger partial charge in [-0.2, -0.15) is 0 Å². The fourth-order valence-corrected chi connectivity index (χ4v) is 4.83. The Bertz CT molecular complexity index is 1220. The van der Waals surface area contributed by atoms with Crippen molar-refractivity contribution in [3.63, 3.8) is 0 Å². The minimum absolute atomic E-state index is 0.126. The molecule has 0 aliphatic heterocycles. The SMILES string of the molecule is CON=C(C(=O)NC(C)(C)C)c1csc(NC(c2ccccc2)(c2ccccc2)c2ccccc2)n1. The maximum absolute atomic E-state index is 12.9. The van der Waals surface area contributed by atoms with Crippen molar-refractivity contribution >= 4 is 28.1 Å². The Morgan fingerprint density at radius 1 is 0.833 bits per heavy atom. The maximum Gasteiger partial charge on any atom is 0.276 e. The number of hydrogen-bond donors (Lipinski definition) is 2. The molecule has 0 bridgehead atoms. The molecule has 0 radical (unpaired) electrons. The number of aromatic nitrogens is 1. The summed E-state index contributed by atoms with van der Waals surface area (Å²) in [7, 11) is 1.42. The Morgan fingerprint density at radius 3 is 1.72 bits per heavy atom. The van der Waals surface area contributed by atoms with Gasteiger partial charge in [0.1, 0.15) is 18.3 Å². The van der Waals surface area contributed by atoms with Gasteiger partial charge in [0.05, 0.1) is 0 Å². The van der Waals surface area contributed by atoms with E-state index in [1.165, 1.54) is 18.4 Å². The van der Waals surface area contributed by atoms with E-state index in [1.807, 2.05) is 80.7 Å². The third-order valence-corrected chi connectivity index (χ3v) is 6.31. The Hall–Kier alpha value is -3.97. The fourth-order valence-electron chi connectivity index (χ4n) is 4.08. The third kappa shape index (κ3) is 5.47. The topological polar surface area (TPSA) is 75.6 Å². The van der Waals surface area contributed by atoms with E-state index in [2.05, 4.69) is 52.2 Å². The fraction of sp³-hybridized carbons (Fsp3) is 0.207. The number of nitrogens with zero attached hydrogens (tertiary/aromatic N) is 2. The zero-order valence-corrected chi connectivity index (χ0v) is 21.7. The van der Waals surface area contributed by atoms with Crippen LogP contribution in [0.2, 0.25) is 0 Å². The third-order valence-electron chi connectivity index (χ3n) is 5.55. The van der Waals surface area contributed by atoms with Crippen LogP contribution in [0.1, 0.15) is 43.2 Å². The van der Waals surface area contributed by atoms with Crippen LogP contribution in [0.4, 0.5) is 5.13 Å². The average Bonchev–Trinajstić information content (AvgIpc) is 3.34. The quantitative estimate of drug-likeness (QED) is 0.183. The molecule has 0 unspecified atom stereocenters. The second-order valence-corrected chi connectivity index (χ2v) is 10.2. The number of carbonyl (C=O) groups is 1. The van der Waals surface area contributed by atoms with Crippen molar-refractivity contribution in [3.05, 3.63) is 119 Å². The second-order valence-electron chi connectivity index (χ2n) is 9.34. The molecule has 184 valence electrons. The number of nitrogens with one attached hydrogen (secondary N) is 2. The van der Waals surface area contributed by atoms with Crippen LogP contribution < -0.4 is 10.6 Å². The lowest BCUT2D eigenvalue weighted by molar-refractivity contribution is -0.116. The van der Waals surface area contributed by atoms with Crippen LogP contribution in [0.25, 0.3) is 0 Å². The number of amides is 1. The summed E-state index contributed by atoms with van der Waals surface area (Å²) < 4.78 is 0. The second kappa shape index (κ2) is 10.7. The molecule has 36 heavy (non-hydrogen) atoms. The monoisotopic (exact) mass is 498 g/mol. The van der Waals surface area contributed by atoms with E-state index in [0.717, 1.165) is 16.7 Å². The van der Waals surface area contributed by atoms with Gasteiger partial charge in [-0.3, -0.25) is 4.79 Å². The summed E-state index contributed by atoms with van der Waals surface area (Å²) in [5.41, 5.74) is 2.62. The molecule has 1 amide bonds. The molecule has 1 heterocycles.